The summed E-state index contributed by atoms with van der Waals surface area (Å²) in [6.45, 7) is 10.4. The lowest BCUT2D eigenvalue weighted by Crippen LogP contribution is -2.42. The first-order valence-electron chi connectivity index (χ1n) is 5.35. The molecule has 0 aromatic heterocycles. The second kappa shape index (κ2) is 4.43. The van der Waals surface area contributed by atoms with Gasteiger partial charge in [0.05, 0.1) is 12.2 Å². The molecular weight excluding hydrogens is 162 g/mol. The van der Waals surface area contributed by atoms with Crippen LogP contribution in [0, 0.1) is 5.92 Å². The number of nitrogens with one attached hydrogen (secondary N) is 1. The summed E-state index contributed by atoms with van der Waals surface area (Å²) in [5.74, 6) is 0.932. The smallest absolute Gasteiger partial charge is 0.0599 e. The van der Waals surface area contributed by atoms with Gasteiger partial charge in [0.2, 0.25) is 0 Å². The first kappa shape index (κ1) is 11.0. The molecule has 1 N–H and O–H groups in total. The van der Waals surface area contributed by atoms with Gasteiger partial charge >= 0.3 is 0 Å². The van der Waals surface area contributed by atoms with Gasteiger partial charge < -0.3 is 10.1 Å². The predicted octanol–water partition coefficient (Wildman–Crippen LogP) is 2.19. The predicted molar refractivity (Wildman–Crippen MR) is 55.9 cm³/mol. The van der Waals surface area contributed by atoms with E-state index in [2.05, 4.69) is 33.0 Å². The van der Waals surface area contributed by atoms with Crippen molar-refractivity contribution in [2.24, 2.45) is 5.92 Å². The summed E-state index contributed by atoms with van der Waals surface area (Å²) in [7, 11) is 0. The van der Waals surface area contributed by atoms with Crippen LogP contribution in [0.1, 0.15) is 40.5 Å². The van der Waals surface area contributed by atoms with E-state index in [0.717, 1.165) is 25.1 Å². The zero-order valence-electron chi connectivity index (χ0n) is 9.39. The van der Waals surface area contributed by atoms with Crippen molar-refractivity contribution in [3.63, 3.8) is 0 Å². The second-order valence-electron chi connectivity index (χ2n) is 5.19. The van der Waals surface area contributed by atoms with Gasteiger partial charge in [-0.05, 0) is 39.5 Å². The Balaban J connectivity index is 1.90. The van der Waals surface area contributed by atoms with Gasteiger partial charge in [-0.3, -0.25) is 0 Å². The summed E-state index contributed by atoms with van der Waals surface area (Å²) in [4.78, 5) is 0. The van der Waals surface area contributed by atoms with Crippen LogP contribution < -0.4 is 5.32 Å². The third kappa shape index (κ3) is 4.63. The molecule has 0 aliphatic heterocycles. The van der Waals surface area contributed by atoms with Crippen molar-refractivity contribution in [2.45, 2.75) is 52.2 Å². The monoisotopic (exact) mass is 185 g/mol. The quantitative estimate of drug-likeness (QED) is 0.678. The van der Waals surface area contributed by atoms with Crippen LogP contribution in [0.5, 0.6) is 0 Å². The SMILES string of the molecule is CC1CC(NCCOC(C)(C)C)C1. The normalized spacial score (nSPS) is 28.6. The lowest BCUT2D eigenvalue weighted by Gasteiger charge is -2.33. The highest BCUT2D eigenvalue weighted by Crippen LogP contribution is 2.25. The van der Waals surface area contributed by atoms with Crippen LogP contribution in [0.2, 0.25) is 0 Å². The van der Waals surface area contributed by atoms with Gasteiger partial charge in [-0.25, -0.2) is 0 Å². The van der Waals surface area contributed by atoms with Crippen molar-refractivity contribution in [3.8, 4) is 0 Å². The highest BCUT2D eigenvalue weighted by Gasteiger charge is 2.24. The minimum Gasteiger partial charge on any atom is -0.375 e. The van der Waals surface area contributed by atoms with E-state index in [9.17, 15) is 0 Å². The molecule has 0 radical (unpaired) electrons. The number of rotatable bonds is 4. The van der Waals surface area contributed by atoms with Crippen LogP contribution in [-0.4, -0.2) is 24.8 Å². The summed E-state index contributed by atoms with van der Waals surface area (Å²) < 4.78 is 5.61. The summed E-state index contributed by atoms with van der Waals surface area (Å²) in [6.07, 6.45) is 2.69. The molecule has 0 unspecified atom stereocenters. The third-order valence-corrected chi connectivity index (χ3v) is 2.44. The molecule has 0 bridgehead atoms. The summed E-state index contributed by atoms with van der Waals surface area (Å²) in [5.41, 5.74) is 0.00852. The van der Waals surface area contributed by atoms with Crippen LogP contribution >= 0.6 is 0 Å². The first-order valence-corrected chi connectivity index (χ1v) is 5.35. The number of ether oxygens (including phenoxy) is 1. The minimum atomic E-state index is 0.00852. The maximum absolute atomic E-state index is 5.61. The van der Waals surface area contributed by atoms with E-state index in [4.69, 9.17) is 4.74 Å². The lowest BCUT2D eigenvalue weighted by atomic mass is 9.82. The van der Waals surface area contributed by atoms with Gasteiger partial charge in [-0.2, -0.15) is 0 Å². The molecule has 13 heavy (non-hydrogen) atoms. The molecule has 2 nitrogen and oxygen atoms in total. The van der Waals surface area contributed by atoms with Crippen molar-refractivity contribution in [3.05, 3.63) is 0 Å². The zero-order chi connectivity index (χ0) is 9.90. The van der Waals surface area contributed by atoms with E-state index < -0.39 is 0 Å². The topological polar surface area (TPSA) is 21.3 Å². The summed E-state index contributed by atoms with van der Waals surface area (Å²) >= 11 is 0. The van der Waals surface area contributed by atoms with Crippen molar-refractivity contribution in [1.29, 1.82) is 0 Å². The molecule has 1 rings (SSSR count). The molecule has 0 aromatic carbocycles. The average Bonchev–Trinajstić information content (AvgIpc) is 1.91. The molecule has 0 atom stereocenters. The van der Waals surface area contributed by atoms with Crippen molar-refractivity contribution >= 4 is 0 Å². The Bertz CT molecular complexity index is 145. The van der Waals surface area contributed by atoms with E-state index in [1.165, 1.54) is 12.8 Å². The maximum Gasteiger partial charge on any atom is 0.0599 e. The molecule has 1 aliphatic rings. The second-order valence-corrected chi connectivity index (χ2v) is 5.19. The fourth-order valence-electron chi connectivity index (χ4n) is 1.69. The Hall–Kier alpha value is -0.0800. The van der Waals surface area contributed by atoms with Crippen LogP contribution in [0.4, 0.5) is 0 Å². The van der Waals surface area contributed by atoms with Crippen molar-refractivity contribution in [1.82, 2.24) is 5.32 Å². The molecule has 1 aliphatic carbocycles. The van der Waals surface area contributed by atoms with Crippen LogP contribution in [0.25, 0.3) is 0 Å². The highest BCUT2D eigenvalue weighted by molar-refractivity contribution is 4.81. The molecule has 0 aromatic rings. The minimum absolute atomic E-state index is 0.00852. The van der Waals surface area contributed by atoms with E-state index in [1.807, 2.05) is 0 Å². The Morgan fingerprint density at radius 1 is 1.31 bits per heavy atom. The third-order valence-electron chi connectivity index (χ3n) is 2.44. The van der Waals surface area contributed by atoms with Gasteiger partial charge in [0.1, 0.15) is 0 Å². The van der Waals surface area contributed by atoms with Gasteiger partial charge in [0, 0.05) is 12.6 Å². The van der Waals surface area contributed by atoms with E-state index >= 15 is 0 Å². The standard InChI is InChI=1S/C11H23NO/c1-9-7-10(8-9)12-5-6-13-11(2,3)4/h9-10,12H,5-8H2,1-4H3. The molecule has 2 heteroatoms. The van der Waals surface area contributed by atoms with E-state index in [0.29, 0.717) is 0 Å². The molecule has 0 heterocycles. The summed E-state index contributed by atoms with van der Waals surface area (Å²) in [5, 5.41) is 3.50. The van der Waals surface area contributed by atoms with Crippen molar-refractivity contribution in [2.75, 3.05) is 13.2 Å². The Morgan fingerprint density at radius 3 is 2.38 bits per heavy atom. The first-order chi connectivity index (χ1) is 5.97. The zero-order valence-corrected chi connectivity index (χ0v) is 9.39. The van der Waals surface area contributed by atoms with E-state index in [1.54, 1.807) is 0 Å². The number of hydrogen-bond donors (Lipinski definition) is 1. The van der Waals surface area contributed by atoms with Gasteiger partial charge in [0.15, 0.2) is 0 Å². The fraction of sp³-hybridized carbons (Fsp3) is 1.00. The molecular formula is C11H23NO. The van der Waals surface area contributed by atoms with Gasteiger partial charge in [0.25, 0.3) is 0 Å². The summed E-state index contributed by atoms with van der Waals surface area (Å²) in [6, 6.07) is 0.763. The fourth-order valence-corrected chi connectivity index (χ4v) is 1.69. The number of hydrogen-bond acceptors (Lipinski definition) is 2. The average molecular weight is 185 g/mol. The van der Waals surface area contributed by atoms with Crippen LogP contribution in [0.3, 0.4) is 0 Å². The van der Waals surface area contributed by atoms with E-state index in [-0.39, 0.29) is 5.60 Å². The van der Waals surface area contributed by atoms with Gasteiger partial charge in [-0.1, -0.05) is 6.92 Å². The van der Waals surface area contributed by atoms with Crippen molar-refractivity contribution < 1.29 is 4.74 Å². The molecule has 1 fully saturated rings. The molecule has 1 saturated carbocycles. The Morgan fingerprint density at radius 2 is 1.92 bits per heavy atom. The largest absolute Gasteiger partial charge is 0.375 e. The van der Waals surface area contributed by atoms with Crippen LogP contribution in [-0.2, 0) is 4.74 Å². The molecule has 0 amide bonds. The maximum atomic E-state index is 5.61. The Labute approximate surface area is 82.0 Å². The molecule has 0 spiro atoms. The highest BCUT2D eigenvalue weighted by atomic mass is 16.5. The molecule has 78 valence electrons. The Kier molecular flexibility index (Phi) is 3.74. The van der Waals surface area contributed by atoms with Crippen LogP contribution in [0.15, 0.2) is 0 Å². The lowest BCUT2D eigenvalue weighted by molar-refractivity contribution is -0.00307. The van der Waals surface area contributed by atoms with Gasteiger partial charge in [-0.15, -0.1) is 0 Å². The molecule has 0 saturated heterocycles.